The van der Waals surface area contributed by atoms with E-state index in [4.69, 9.17) is 16.7 Å². The molecular weight excluding hydrogens is 274 g/mol. The largest absolute Gasteiger partial charge is 0.395 e. The lowest BCUT2D eigenvalue weighted by Gasteiger charge is -2.21. The van der Waals surface area contributed by atoms with Crippen molar-refractivity contribution in [2.24, 2.45) is 0 Å². The molecule has 2 aromatic rings. The minimum atomic E-state index is 0.0714. The molecule has 106 valence electrons. The van der Waals surface area contributed by atoms with Crippen LogP contribution in [0.4, 0.5) is 5.82 Å². The number of nitrogens with zero attached hydrogens (tertiary/aromatic N) is 3. The van der Waals surface area contributed by atoms with Crippen molar-refractivity contribution in [3.8, 4) is 11.4 Å². The lowest BCUT2D eigenvalue weighted by molar-refractivity contribution is 0.303. The summed E-state index contributed by atoms with van der Waals surface area (Å²) < 4.78 is 0. The molecule has 0 aliphatic rings. The standard InChI is InChI=1S/C15H18ClN3O/c1-3-12-13(16)17-14(11-7-5-4-6-8-11)18-15(12)19(2)9-10-20/h4-8,20H,3,9-10H2,1-2H3. The molecule has 0 saturated heterocycles. The third-order valence-corrected chi connectivity index (χ3v) is 3.43. The van der Waals surface area contributed by atoms with Crippen LogP contribution in [0.1, 0.15) is 12.5 Å². The number of aliphatic hydroxyl groups is 1. The lowest BCUT2D eigenvalue weighted by Crippen LogP contribution is -2.24. The van der Waals surface area contributed by atoms with Gasteiger partial charge in [-0.3, -0.25) is 0 Å². The maximum absolute atomic E-state index is 9.10. The fraction of sp³-hybridized carbons (Fsp3) is 0.333. The second-order valence-electron chi connectivity index (χ2n) is 4.50. The van der Waals surface area contributed by atoms with Crippen molar-refractivity contribution < 1.29 is 5.11 Å². The lowest BCUT2D eigenvalue weighted by atomic mass is 10.2. The Hall–Kier alpha value is -1.65. The quantitative estimate of drug-likeness (QED) is 0.861. The Bertz CT molecular complexity index is 575. The first-order chi connectivity index (χ1) is 9.67. The van der Waals surface area contributed by atoms with Gasteiger partial charge in [-0.05, 0) is 6.42 Å². The smallest absolute Gasteiger partial charge is 0.163 e. The minimum absolute atomic E-state index is 0.0714. The monoisotopic (exact) mass is 291 g/mol. The van der Waals surface area contributed by atoms with Crippen LogP contribution in [0.15, 0.2) is 30.3 Å². The van der Waals surface area contributed by atoms with E-state index >= 15 is 0 Å². The van der Waals surface area contributed by atoms with E-state index in [1.807, 2.05) is 49.2 Å². The Labute approximate surface area is 124 Å². The van der Waals surface area contributed by atoms with Gasteiger partial charge in [0.1, 0.15) is 11.0 Å². The molecule has 20 heavy (non-hydrogen) atoms. The third kappa shape index (κ3) is 3.08. The summed E-state index contributed by atoms with van der Waals surface area (Å²) in [5, 5.41) is 9.57. The highest BCUT2D eigenvalue weighted by Gasteiger charge is 2.15. The molecule has 1 aromatic carbocycles. The number of halogens is 1. The Morgan fingerprint density at radius 2 is 1.90 bits per heavy atom. The molecule has 4 nitrogen and oxygen atoms in total. The molecule has 2 rings (SSSR count). The molecule has 0 aliphatic heterocycles. The van der Waals surface area contributed by atoms with Crippen LogP contribution < -0.4 is 4.90 Å². The van der Waals surface area contributed by atoms with Crippen molar-refractivity contribution in [3.05, 3.63) is 41.0 Å². The number of hydrogen-bond donors (Lipinski definition) is 1. The van der Waals surface area contributed by atoms with Crippen molar-refractivity contribution in [1.29, 1.82) is 0 Å². The molecule has 0 unspecified atom stereocenters. The summed E-state index contributed by atoms with van der Waals surface area (Å²) in [7, 11) is 1.89. The van der Waals surface area contributed by atoms with Crippen molar-refractivity contribution >= 4 is 17.4 Å². The summed E-state index contributed by atoms with van der Waals surface area (Å²) in [6, 6.07) is 9.74. The Morgan fingerprint density at radius 3 is 2.50 bits per heavy atom. The Morgan fingerprint density at radius 1 is 1.20 bits per heavy atom. The molecule has 1 heterocycles. The molecule has 0 atom stereocenters. The van der Waals surface area contributed by atoms with E-state index in [-0.39, 0.29) is 6.61 Å². The Balaban J connectivity index is 2.51. The summed E-state index contributed by atoms with van der Waals surface area (Å²) in [4.78, 5) is 10.9. The van der Waals surface area contributed by atoms with Gasteiger partial charge < -0.3 is 10.0 Å². The zero-order valence-corrected chi connectivity index (χ0v) is 12.4. The van der Waals surface area contributed by atoms with Gasteiger partial charge in [-0.25, -0.2) is 9.97 Å². The molecule has 1 aromatic heterocycles. The first kappa shape index (κ1) is 14.8. The molecule has 5 heteroatoms. The van der Waals surface area contributed by atoms with E-state index in [0.29, 0.717) is 17.5 Å². The van der Waals surface area contributed by atoms with E-state index < -0.39 is 0 Å². The van der Waals surface area contributed by atoms with Crippen LogP contribution in [0, 0.1) is 0 Å². The van der Waals surface area contributed by atoms with E-state index in [9.17, 15) is 0 Å². The number of aromatic nitrogens is 2. The van der Waals surface area contributed by atoms with Crippen LogP contribution in [0.5, 0.6) is 0 Å². The molecule has 1 N–H and O–H groups in total. The van der Waals surface area contributed by atoms with Gasteiger partial charge in [0.15, 0.2) is 5.82 Å². The third-order valence-electron chi connectivity index (χ3n) is 3.12. The van der Waals surface area contributed by atoms with Gasteiger partial charge in [0, 0.05) is 24.7 Å². The van der Waals surface area contributed by atoms with Crippen molar-refractivity contribution in [3.63, 3.8) is 0 Å². The van der Waals surface area contributed by atoms with Gasteiger partial charge in [0.05, 0.1) is 6.61 Å². The molecule has 0 radical (unpaired) electrons. The van der Waals surface area contributed by atoms with Crippen LogP contribution in [0.25, 0.3) is 11.4 Å². The van der Waals surface area contributed by atoms with Crippen LogP contribution in [0.2, 0.25) is 5.15 Å². The highest BCUT2D eigenvalue weighted by molar-refractivity contribution is 6.30. The predicted molar refractivity (Wildman–Crippen MR) is 82.2 cm³/mol. The van der Waals surface area contributed by atoms with E-state index in [1.165, 1.54) is 0 Å². The van der Waals surface area contributed by atoms with E-state index in [2.05, 4.69) is 9.97 Å². The maximum Gasteiger partial charge on any atom is 0.163 e. The topological polar surface area (TPSA) is 49.2 Å². The highest BCUT2D eigenvalue weighted by atomic mass is 35.5. The molecular formula is C15H18ClN3O. The molecule has 0 bridgehead atoms. The van der Waals surface area contributed by atoms with Gasteiger partial charge in [0.2, 0.25) is 0 Å². The first-order valence-electron chi connectivity index (χ1n) is 6.61. The van der Waals surface area contributed by atoms with Crippen molar-refractivity contribution in [2.45, 2.75) is 13.3 Å². The normalized spacial score (nSPS) is 10.6. The summed E-state index contributed by atoms with van der Waals surface area (Å²) >= 11 is 6.29. The minimum Gasteiger partial charge on any atom is -0.395 e. The molecule has 0 spiro atoms. The first-order valence-corrected chi connectivity index (χ1v) is 6.99. The second-order valence-corrected chi connectivity index (χ2v) is 4.86. The highest BCUT2D eigenvalue weighted by Crippen LogP contribution is 2.27. The second kappa shape index (κ2) is 6.68. The van der Waals surface area contributed by atoms with Gasteiger partial charge in [-0.15, -0.1) is 0 Å². The van der Waals surface area contributed by atoms with Crippen LogP contribution in [-0.4, -0.2) is 35.3 Å². The predicted octanol–water partition coefficient (Wildman–Crippen LogP) is 2.79. The average molecular weight is 292 g/mol. The number of rotatable bonds is 5. The summed E-state index contributed by atoms with van der Waals surface area (Å²) in [5.41, 5.74) is 1.83. The molecule has 0 saturated carbocycles. The van der Waals surface area contributed by atoms with Crippen LogP contribution >= 0.6 is 11.6 Å². The molecule has 0 aliphatic carbocycles. The Kier molecular flexibility index (Phi) is 4.93. The number of likely N-dealkylation sites (N-methyl/N-ethyl adjacent to an activating group) is 1. The van der Waals surface area contributed by atoms with Crippen LogP contribution in [0.3, 0.4) is 0 Å². The van der Waals surface area contributed by atoms with E-state index in [0.717, 1.165) is 23.4 Å². The van der Waals surface area contributed by atoms with Gasteiger partial charge in [-0.1, -0.05) is 48.9 Å². The molecule has 0 fully saturated rings. The average Bonchev–Trinajstić information content (AvgIpc) is 2.47. The number of aliphatic hydroxyl groups excluding tert-OH is 1. The van der Waals surface area contributed by atoms with Crippen molar-refractivity contribution in [2.75, 3.05) is 25.1 Å². The number of benzene rings is 1. The van der Waals surface area contributed by atoms with Gasteiger partial charge in [-0.2, -0.15) is 0 Å². The van der Waals surface area contributed by atoms with Crippen molar-refractivity contribution in [1.82, 2.24) is 9.97 Å². The zero-order chi connectivity index (χ0) is 14.5. The fourth-order valence-electron chi connectivity index (χ4n) is 2.04. The summed E-state index contributed by atoms with van der Waals surface area (Å²) in [6.45, 7) is 2.60. The number of anilines is 1. The summed E-state index contributed by atoms with van der Waals surface area (Å²) in [6.07, 6.45) is 0.749. The number of hydrogen-bond acceptors (Lipinski definition) is 4. The SMILES string of the molecule is CCc1c(Cl)nc(-c2ccccc2)nc1N(C)CCO. The molecule has 0 amide bonds. The zero-order valence-electron chi connectivity index (χ0n) is 11.7. The fourth-order valence-corrected chi connectivity index (χ4v) is 2.34. The van der Waals surface area contributed by atoms with Gasteiger partial charge >= 0.3 is 0 Å². The van der Waals surface area contributed by atoms with Gasteiger partial charge in [0.25, 0.3) is 0 Å². The summed E-state index contributed by atoms with van der Waals surface area (Å²) in [5.74, 6) is 1.38. The van der Waals surface area contributed by atoms with E-state index in [1.54, 1.807) is 0 Å². The van der Waals surface area contributed by atoms with Crippen LogP contribution in [-0.2, 0) is 6.42 Å². The maximum atomic E-state index is 9.10.